The molecule has 0 nitrogen and oxygen atoms in total. The zero-order valence-corrected chi connectivity index (χ0v) is 14.2. The first-order chi connectivity index (χ1) is 9.04. The van der Waals surface area contributed by atoms with Crippen molar-refractivity contribution in [2.24, 2.45) is 5.92 Å². The lowest BCUT2D eigenvalue weighted by molar-refractivity contribution is 0.416. The molecule has 19 heavy (non-hydrogen) atoms. The van der Waals surface area contributed by atoms with Gasteiger partial charge in [0.1, 0.15) is 15.4 Å². The first-order valence-electron chi connectivity index (χ1n) is 8.42. The molecule has 0 saturated heterocycles. The minimum absolute atomic E-state index is 0.683. The maximum atomic E-state index is 3.68. The fraction of sp³-hybridized carbons (Fsp3) is 0.882. The number of hydrogen-bond donors (Lipinski definition) is 0. The molecule has 0 bridgehead atoms. The van der Waals surface area contributed by atoms with Gasteiger partial charge in [0.25, 0.3) is 0 Å². The van der Waals surface area contributed by atoms with E-state index < -0.39 is 8.07 Å². The normalized spacial score (nSPS) is 29.4. The quantitative estimate of drug-likeness (QED) is 0.473. The summed E-state index contributed by atoms with van der Waals surface area (Å²) in [5.74, 6) is 6.08. The maximum absolute atomic E-state index is 3.68. The van der Waals surface area contributed by atoms with Crippen molar-refractivity contribution in [3.63, 3.8) is 0 Å². The largest absolute Gasteiger partial charge is 0.132 e. The van der Waals surface area contributed by atoms with Gasteiger partial charge in [-0.1, -0.05) is 82.6 Å². The molecule has 1 radical (unpaired) electrons. The molecule has 2 fully saturated rings. The van der Waals surface area contributed by atoms with Crippen molar-refractivity contribution >= 4 is 15.4 Å². The Bertz CT molecular complexity index is 327. The average Bonchev–Trinajstić information content (AvgIpc) is 2.38. The third-order valence-electron chi connectivity index (χ3n) is 4.62. The molecule has 2 atom stereocenters. The Kier molecular flexibility index (Phi) is 5.63. The summed E-state index contributed by atoms with van der Waals surface area (Å²) in [7, 11) is 1.53. The highest BCUT2D eigenvalue weighted by atomic mass is 28.3. The summed E-state index contributed by atoms with van der Waals surface area (Å²) in [6.07, 6.45) is 12.9. The maximum Gasteiger partial charge on any atom is 0.129 e. The predicted octanol–water partition coefficient (Wildman–Crippen LogP) is 5.30. The van der Waals surface area contributed by atoms with Crippen LogP contribution >= 0.6 is 0 Å². The van der Waals surface area contributed by atoms with E-state index in [0.29, 0.717) is 5.92 Å². The van der Waals surface area contributed by atoms with Crippen LogP contribution in [0.4, 0.5) is 0 Å². The van der Waals surface area contributed by atoms with Crippen LogP contribution in [0.25, 0.3) is 0 Å². The van der Waals surface area contributed by atoms with E-state index in [0.717, 1.165) is 11.6 Å². The Balaban J connectivity index is 1.92. The summed E-state index contributed by atoms with van der Waals surface area (Å²) in [5.41, 5.74) is 3.63. The molecule has 0 aromatic rings. The van der Waals surface area contributed by atoms with Gasteiger partial charge in [0.05, 0.1) is 0 Å². The van der Waals surface area contributed by atoms with Crippen LogP contribution in [0.5, 0.6) is 0 Å². The molecule has 2 aliphatic carbocycles. The van der Waals surface area contributed by atoms with E-state index in [1.807, 2.05) is 0 Å². The summed E-state index contributed by atoms with van der Waals surface area (Å²) < 4.78 is 0. The SMILES string of the molecule is C[Si](C)(C)C#CC1CCCCC1[B]C1CCCCC1. The van der Waals surface area contributed by atoms with Crippen LogP contribution in [0, 0.1) is 17.4 Å². The van der Waals surface area contributed by atoms with Gasteiger partial charge in [0, 0.05) is 5.92 Å². The van der Waals surface area contributed by atoms with E-state index in [4.69, 9.17) is 0 Å². The van der Waals surface area contributed by atoms with E-state index in [1.54, 1.807) is 0 Å². The van der Waals surface area contributed by atoms with Gasteiger partial charge in [-0.05, 0) is 6.42 Å². The van der Waals surface area contributed by atoms with E-state index >= 15 is 0 Å². The van der Waals surface area contributed by atoms with Crippen LogP contribution < -0.4 is 0 Å². The lowest BCUT2D eigenvalue weighted by Crippen LogP contribution is -2.24. The molecule has 105 valence electrons. The van der Waals surface area contributed by atoms with Crippen molar-refractivity contribution in [3.8, 4) is 11.5 Å². The molecule has 0 amide bonds. The Morgan fingerprint density at radius 3 is 2.16 bits per heavy atom. The van der Waals surface area contributed by atoms with Crippen LogP contribution in [-0.4, -0.2) is 15.4 Å². The topological polar surface area (TPSA) is 0 Å². The van der Waals surface area contributed by atoms with Gasteiger partial charge in [-0.25, -0.2) is 0 Å². The third-order valence-corrected chi connectivity index (χ3v) is 5.52. The minimum Gasteiger partial charge on any atom is -0.132 e. The molecular weight excluding hydrogens is 243 g/mol. The predicted molar refractivity (Wildman–Crippen MR) is 89.4 cm³/mol. The van der Waals surface area contributed by atoms with E-state index in [2.05, 4.69) is 38.4 Å². The molecule has 0 spiro atoms. The standard InChI is InChI=1S/C17H30BSi/c1-19(2,3)14-13-15-9-7-8-12-17(15)18-16-10-5-4-6-11-16/h15-17H,4-12H2,1-3H3. The summed E-state index contributed by atoms with van der Waals surface area (Å²) in [5, 5.41) is 0. The van der Waals surface area contributed by atoms with Crippen LogP contribution in [0.2, 0.25) is 31.3 Å². The summed E-state index contributed by atoms with van der Waals surface area (Å²) in [6, 6.07) is 0. The number of rotatable bonds is 2. The molecule has 0 N–H and O–H groups in total. The van der Waals surface area contributed by atoms with Gasteiger partial charge in [0.2, 0.25) is 0 Å². The van der Waals surface area contributed by atoms with E-state index in [1.165, 1.54) is 57.8 Å². The lowest BCUT2D eigenvalue weighted by Gasteiger charge is -2.32. The van der Waals surface area contributed by atoms with Crippen LogP contribution in [-0.2, 0) is 0 Å². The molecule has 2 heteroatoms. The fourth-order valence-corrected chi connectivity index (χ4v) is 4.17. The zero-order valence-electron chi connectivity index (χ0n) is 13.2. The smallest absolute Gasteiger partial charge is 0.129 e. The summed E-state index contributed by atoms with van der Waals surface area (Å²) in [6.45, 7) is 7.09. The van der Waals surface area contributed by atoms with Gasteiger partial charge in [0.15, 0.2) is 0 Å². The Labute approximate surface area is 122 Å². The molecule has 2 aliphatic rings. The molecule has 0 heterocycles. The number of hydrogen-bond acceptors (Lipinski definition) is 0. The molecule has 0 aliphatic heterocycles. The van der Waals surface area contributed by atoms with Crippen molar-refractivity contribution < 1.29 is 0 Å². The van der Waals surface area contributed by atoms with E-state index in [-0.39, 0.29) is 0 Å². The average molecular weight is 273 g/mol. The summed E-state index contributed by atoms with van der Waals surface area (Å²) >= 11 is 0. The van der Waals surface area contributed by atoms with Crippen molar-refractivity contribution in [1.29, 1.82) is 0 Å². The van der Waals surface area contributed by atoms with Crippen LogP contribution in [0.15, 0.2) is 0 Å². The van der Waals surface area contributed by atoms with Crippen molar-refractivity contribution in [3.05, 3.63) is 0 Å². The lowest BCUT2D eigenvalue weighted by atomic mass is 9.46. The summed E-state index contributed by atoms with van der Waals surface area (Å²) in [4.78, 5) is 0. The fourth-order valence-electron chi connectivity index (χ4n) is 3.55. The molecule has 0 aromatic heterocycles. The highest BCUT2D eigenvalue weighted by molar-refractivity contribution is 6.83. The van der Waals surface area contributed by atoms with Crippen molar-refractivity contribution in [1.82, 2.24) is 0 Å². The molecule has 2 saturated carbocycles. The zero-order chi connectivity index (χ0) is 13.7. The second-order valence-corrected chi connectivity index (χ2v) is 12.4. The molecular formula is C17H30BSi. The van der Waals surface area contributed by atoms with Gasteiger partial charge in [-0.15, -0.1) is 11.5 Å². The second-order valence-electron chi connectivity index (χ2n) is 7.66. The molecule has 2 unspecified atom stereocenters. The first-order valence-corrected chi connectivity index (χ1v) is 11.9. The van der Waals surface area contributed by atoms with Crippen molar-refractivity contribution in [2.75, 3.05) is 0 Å². The Morgan fingerprint density at radius 2 is 1.47 bits per heavy atom. The van der Waals surface area contributed by atoms with E-state index in [9.17, 15) is 0 Å². The van der Waals surface area contributed by atoms with Gasteiger partial charge < -0.3 is 0 Å². The van der Waals surface area contributed by atoms with Crippen LogP contribution in [0.1, 0.15) is 57.8 Å². The third kappa shape index (κ3) is 5.38. The van der Waals surface area contributed by atoms with Crippen molar-refractivity contribution in [2.45, 2.75) is 89.1 Å². The van der Waals surface area contributed by atoms with Gasteiger partial charge in [-0.3, -0.25) is 0 Å². The highest BCUT2D eigenvalue weighted by Crippen LogP contribution is 2.39. The highest BCUT2D eigenvalue weighted by Gasteiger charge is 2.28. The van der Waals surface area contributed by atoms with Gasteiger partial charge >= 0.3 is 0 Å². The minimum atomic E-state index is -1.20. The van der Waals surface area contributed by atoms with Crippen LogP contribution in [0.3, 0.4) is 0 Å². The second kappa shape index (κ2) is 7.02. The Morgan fingerprint density at radius 1 is 0.842 bits per heavy atom. The molecule has 0 aromatic carbocycles. The monoisotopic (exact) mass is 273 g/mol. The van der Waals surface area contributed by atoms with Gasteiger partial charge in [-0.2, -0.15) is 0 Å². The molecule has 2 rings (SSSR count). The Hall–Kier alpha value is -0.158. The first kappa shape index (κ1) is 15.2.